The van der Waals surface area contributed by atoms with E-state index in [1.54, 1.807) is 11.3 Å². The van der Waals surface area contributed by atoms with Gasteiger partial charge in [0.15, 0.2) is 0 Å². The maximum absolute atomic E-state index is 4.50. The Labute approximate surface area is 95.2 Å². The minimum Gasteiger partial charge on any atom is -0.244 e. The maximum Gasteiger partial charge on any atom is 0.0849 e. The molecule has 1 nitrogen and oxygen atoms in total. The first-order chi connectivity index (χ1) is 7.11. The molecule has 2 heteroatoms. The van der Waals surface area contributed by atoms with Crippen molar-refractivity contribution in [3.8, 4) is 0 Å². The third kappa shape index (κ3) is 1.78. The van der Waals surface area contributed by atoms with E-state index in [1.807, 2.05) is 5.51 Å². The molecule has 0 bridgehead atoms. The van der Waals surface area contributed by atoms with Crippen molar-refractivity contribution >= 4 is 21.6 Å². The highest BCUT2D eigenvalue weighted by Gasteiger charge is 2.12. The van der Waals surface area contributed by atoms with Crippen molar-refractivity contribution < 1.29 is 0 Å². The molecule has 0 aliphatic heterocycles. The van der Waals surface area contributed by atoms with Crippen molar-refractivity contribution in [3.63, 3.8) is 0 Å². The molecule has 0 N–H and O–H groups in total. The van der Waals surface area contributed by atoms with E-state index in [2.05, 4.69) is 44.8 Å². The third-order valence-corrected chi connectivity index (χ3v) is 3.67. The molecule has 2 rings (SSSR count). The van der Waals surface area contributed by atoms with Crippen molar-refractivity contribution in [1.29, 1.82) is 0 Å². The van der Waals surface area contributed by atoms with Crippen LogP contribution < -0.4 is 0 Å². The van der Waals surface area contributed by atoms with Gasteiger partial charge in [0.1, 0.15) is 0 Å². The van der Waals surface area contributed by atoms with Crippen LogP contribution in [-0.4, -0.2) is 4.98 Å². The highest BCUT2D eigenvalue weighted by molar-refractivity contribution is 7.17. The molecule has 0 radical (unpaired) electrons. The lowest BCUT2D eigenvalue weighted by Crippen LogP contribution is -1.93. The summed E-state index contributed by atoms with van der Waals surface area (Å²) in [5.41, 5.74) is 5.97. The van der Waals surface area contributed by atoms with Gasteiger partial charge in [-0.15, -0.1) is 11.3 Å². The van der Waals surface area contributed by atoms with Crippen LogP contribution in [0.3, 0.4) is 0 Å². The molecule has 15 heavy (non-hydrogen) atoms. The minimum atomic E-state index is 0.552. The molecule has 1 heterocycles. The van der Waals surface area contributed by atoms with E-state index in [1.165, 1.54) is 21.3 Å². The Kier molecular flexibility index (Phi) is 2.79. The fraction of sp³-hybridized carbons (Fsp3) is 0.462. The smallest absolute Gasteiger partial charge is 0.0849 e. The second kappa shape index (κ2) is 3.93. The number of fused-ring (bicyclic) bond motifs is 1. The lowest BCUT2D eigenvalue weighted by atomic mass is 9.96. The molecular formula is C13H17NS. The Morgan fingerprint density at radius 1 is 1.00 bits per heavy atom. The Morgan fingerprint density at radius 2 is 1.60 bits per heavy atom. The van der Waals surface area contributed by atoms with Crippen molar-refractivity contribution in [3.05, 3.63) is 28.8 Å². The number of rotatable bonds is 2. The van der Waals surface area contributed by atoms with Gasteiger partial charge in [-0.25, -0.2) is 4.98 Å². The van der Waals surface area contributed by atoms with Gasteiger partial charge in [-0.2, -0.15) is 0 Å². The first-order valence-electron chi connectivity index (χ1n) is 5.47. The zero-order valence-corrected chi connectivity index (χ0v) is 10.6. The van der Waals surface area contributed by atoms with Crippen LogP contribution in [0.15, 0.2) is 17.6 Å². The Bertz CT molecular complexity index is 426. The summed E-state index contributed by atoms with van der Waals surface area (Å²) in [6, 6.07) is 4.50. The highest BCUT2D eigenvalue weighted by Crippen LogP contribution is 2.33. The molecule has 0 spiro atoms. The second-order valence-electron chi connectivity index (χ2n) is 4.58. The molecular weight excluding hydrogens is 202 g/mol. The Balaban J connectivity index is 2.71. The van der Waals surface area contributed by atoms with Gasteiger partial charge in [-0.05, 0) is 23.0 Å². The van der Waals surface area contributed by atoms with Gasteiger partial charge >= 0.3 is 0 Å². The molecule has 1 aromatic carbocycles. The van der Waals surface area contributed by atoms with E-state index in [4.69, 9.17) is 0 Å². The molecule has 1 aromatic heterocycles. The maximum atomic E-state index is 4.50. The summed E-state index contributed by atoms with van der Waals surface area (Å²) < 4.78 is 1.37. The summed E-state index contributed by atoms with van der Waals surface area (Å²) in [6.45, 7) is 8.93. The number of nitrogens with zero attached hydrogens (tertiary/aromatic N) is 1. The van der Waals surface area contributed by atoms with E-state index in [-0.39, 0.29) is 0 Å². The number of benzene rings is 1. The molecule has 0 aliphatic carbocycles. The van der Waals surface area contributed by atoms with Crippen molar-refractivity contribution in [2.24, 2.45) is 0 Å². The van der Waals surface area contributed by atoms with Crippen molar-refractivity contribution in [2.75, 3.05) is 0 Å². The summed E-state index contributed by atoms with van der Waals surface area (Å²) in [5.74, 6) is 1.13. The first-order valence-corrected chi connectivity index (χ1v) is 6.35. The molecule has 0 fully saturated rings. The van der Waals surface area contributed by atoms with Gasteiger partial charge in [-0.3, -0.25) is 0 Å². The summed E-state index contributed by atoms with van der Waals surface area (Å²) in [5, 5.41) is 0. The van der Waals surface area contributed by atoms with Crippen LogP contribution in [0.5, 0.6) is 0 Å². The number of hydrogen-bond donors (Lipinski definition) is 0. The Hall–Kier alpha value is -0.890. The predicted molar refractivity (Wildman–Crippen MR) is 67.8 cm³/mol. The van der Waals surface area contributed by atoms with E-state index in [9.17, 15) is 0 Å². The molecule has 80 valence electrons. The number of hydrogen-bond acceptors (Lipinski definition) is 2. The summed E-state index contributed by atoms with van der Waals surface area (Å²) in [4.78, 5) is 4.50. The standard InChI is InChI=1S/C13H17NS/c1-8(2)10-5-6-11(9(3)4)13-12(10)14-7-15-13/h5-9H,1-4H3. The SMILES string of the molecule is CC(C)c1ccc(C(C)C)c2scnc12. The van der Waals surface area contributed by atoms with Gasteiger partial charge in [0.25, 0.3) is 0 Å². The fourth-order valence-corrected chi connectivity index (χ4v) is 2.90. The molecule has 2 aromatic rings. The van der Waals surface area contributed by atoms with Gasteiger partial charge < -0.3 is 0 Å². The molecule has 0 saturated carbocycles. The van der Waals surface area contributed by atoms with E-state index < -0.39 is 0 Å². The third-order valence-electron chi connectivity index (χ3n) is 2.79. The zero-order valence-electron chi connectivity index (χ0n) is 9.74. The zero-order chi connectivity index (χ0) is 11.0. The van der Waals surface area contributed by atoms with Gasteiger partial charge in [-0.1, -0.05) is 39.8 Å². The van der Waals surface area contributed by atoms with Gasteiger partial charge in [0.05, 0.1) is 15.7 Å². The van der Waals surface area contributed by atoms with Crippen LogP contribution in [-0.2, 0) is 0 Å². The van der Waals surface area contributed by atoms with E-state index in [0.717, 1.165) is 0 Å². The average molecular weight is 219 g/mol. The molecule has 0 saturated heterocycles. The van der Waals surface area contributed by atoms with Crippen LogP contribution in [0, 0.1) is 0 Å². The monoisotopic (exact) mass is 219 g/mol. The average Bonchev–Trinajstić information content (AvgIpc) is 2.63. The van der Waals surface area contributed by atoms with Crippen LogP contribution in [0.4, 0.5) is 0 Å². The number of thiazole rings is 1. The topological polar surface area (TPSA) is 12.9 Å². The van der Waals surface area contributed by atoms with Gasteiger partial charge in [0, 0.05) is 0 Å². The predicted octanol–water partition coefficient (Wildman–Crippen LogP) is 4.54. The summed E-state index contributed by atoms with van der Waals surface area (Å²) in [6.07, 6.45) is 0. The van der Waals surface area contributed by atoms with E-state index in [0.29, 0.717) is 11.8 Å². The molecule has 0 atom stereocenters. The van der Waals surface area contributed by atoms with Crippen LogP contribution >= 0.6 is 11.3 Å². The largest absolute Gasteiger partial charge is 0.244 e. The van der Waals surface area contributed by atoms with Crippen LogP contribution in [0.25, 0.3) is 10.2 Å². The normalized spacial score (nSPS) is 11.9. The molecule has 0 aliphatic rings. The van der Waals surface area contributed by atoms with Crippen molar-refractivity contribution in [1.82, 2.24) is 4.98 Å². The second-order valence-corrected chi connectivity index (χ2v) is 5.44. The first kappa shape index (κ1) is 10.6. The van der Waals surface area contributed by atoms with Crippen LogP contribution in [0.2, 0.25) is 0 Å². The minimum absolute atomic E-state index is 0.552. The highest BCUT2D eigenvalue weighted by atomic mass is 32.1. The summed E-state index contributed by atoms with van der Waals surface area (Å²) >= 11 is 1.76. The lowest BCUT2D eigenvalue weighted by molar-refractivity contribution is 0.858. The van der Waals surface area contributed by atoms with Crippen LogP contribution in [0.1, 0.15) is 50.7 Å². The lowest BCUT2D eigenvalue weighted by Gasteiger charge is -2.11. The summed E-state index contributed by atoms with van der Waals surface area (Å²) in [7, 11) is 0. The quantitative estimate of drug-likeness (QED) is 0.722. The fourth-order valence-electron chi connectivity index (χ4n) is 1.91. The number of aromatic nitrogens is 1. The Morgan fingerprint density at radius 3 is 2.20 bits per heavy atom. The van der Waals surface area contributed by atoms with Gasteiger partial charge in [0.2, 0.25) is 0 Å². The van der Waals surface area contributed by atoms with Crippen molar-refractivity contribution in [2.45, 2.75) is 39.5 Å². The van der Waals surface area contributed by atoms with E-state index >= 15 is 0 Å². The molecule has 0 amide bonds. The molecule has 0 unspecified atom stereocenters.